The maximum atomic E-state index is 10.6. The molecule has 1 heterocycles. The number of hydrogen-bond donors (Lipinski definition) is 1. The van der Waals surface area contributed by atoms with Crippen molar-refractivity contribution < 1.29 is 9.90 Å². The minimum absolute atomic E-state index is 0.106. The van der Waals surface area contributed by atoms with E-state index in [0.717, 1.165) is 22.5 Å². The van der Waals surface area contributed by atoms with E-state index >= 15 is 0 Å². The van der Waals surface area contributed by atoms with Crippen LogP contribution in [-0.2, 0) is 11.2 Å². The zero-order valence-electron chi connectivity index (χ0n) is 10.9. The number of aromatic nitrogens is 1. The topological polar surface area (TPSA) is 50.2 Å². The van der Waals surface area contributed by atoms with Crippen molar-refractivity contribution in [2.24, 2.45) is 0 Å². The molecule has 0 aliphatic rings. The molecule has 1 aromatic carbocycles. The Labute approximate surface area is 127 Å². The molecule has 0 spiro atoms. The Hall–Kier alpha value is -1.58. The van der Waals surface area contributed by atoms with Gasteiger partial charge < -0.3 is 5.11 Å². The van der Waals surface area contributed by atoms with Crippen molar-refractivity contribution in [2.75, 3.05) is 0 Å². The third-order valence-electron chi connectivity index (χ3n) is 3.02. The largest absolute Gasteiger partial charge is 0.481 e. The highest BCUT2D eigenvalue weighted by atomic mass is 35.5. The van der Waals surface area contributed by atoms with Gasteiger partial charge in [0, 0.05) is 17.7 Å². The molecular formula is C15H13Cl2NO2. The summed E-state index contributed by atoms with van der Waals surface area (Å²) < 4.78 is 0. The predicted molar refractivity (Wildman–Crippen MR) is 80.4 cm³/mol. The van der Waals surface area contributed by atoms with Crippen LogP contribution in [0, 0.1) is 6.92 Å². The molecular weight excluding hydrogens is 297 g/mol. The van der Waals surface area contributed by atoms with Crippen LogP contribution in [0.2, 0.25) is 10.0 Å². The normalized spacial score (nSPS) is 10.6. The molecule has 0 saturated carbocycles. The van der Waals surface area contributed by atoms with Gasteiger partial charge in [-0.1, -0.05) is 35.3 Å². The highest BCUT2D eigenvalue weighted by molar-refractivity contribution is 6.42. The van der Waals surface area contributed by atoms with E-state index in [0.29, 0.717) is 16.5 Å². The van der Waals surface area contributed by atoms with Crippen LogP contribution in [0.25, 0.3) is 11.3 Å². The Morgan fingerprint density at radius 3 is 2.55 bits per heavy atom. The van der Waals surface area contributed by atoms with Crippen LogP contribution in [0.3, 0.4) is 0 Å². The van der Waals surface area contributed by atoms with Crippen molar-refractivity contribution >= 4 is 29.2 Å². The number of carboxylic acids is 1. The molecule has 0 radical (unpaired) electrons. The maximum Gasteiger partial charge on any atom is 0.303 e. The van der Waals surface area contributed by atoms with Gasteiger partial charge in [-0.2, -0.15) is 0 Å². The van der Waals surface area contributed by atoms with Gasteiger partial charge in [-0.05, 0) is 37.1 Å². The third-order valence-corrected chi connectivity index (χ3v) is 3.76. The van der Waals surface area contributed by atoms with E-state index in [4.69, 9.17) is 28.3 Å². The molecule has 0 amide bonds. The van der Waals surface area contributed by atoms with E-state index in [9.17, 15) is 4.79 Å². The summed E-state index contributed by atoms with van der Waals surface area (Å²) in [6.07, 6.45) is 0.588. The van der Waals surface area contributed by atoms with E-state index in [1.54, 1.807) is 12.1 Å². The van der Waals surface area contributed by atoms with Crippen LogP contribution in [0.15, 0.2) is 30.3 Å². The molecule has 3 nitrogen and oxygen atoms in total. The second-order valence-corrected chi connectivity index (χ2v) is 5.28. The van der Waals surface area contributed by atoms with Crippen molar-refractivity contribution in [1.82, 2.24) is 4.98 Å². The number of carbonyl (C=O) groups is 1. The number of halogens is 2. The first-order chi connectivity index (χ1) is 9.47. The summed E-state index contributed by atoms with van der Waals surface area (Å²) in [5.41, 5.74) is 3.44. The monoisotopic (exact) mass is 309 g/mol. The molecule has 2 rings (SSSR count). The van der Waals surface area contributed by atoms with E-state index < -0.39 is 5.97 Å². The third kappa shape index (κ3) is 3.50. The summed E-state index contributed by atoms with van der Waals surface area (Å²) in [7, 11) is 0. The molecule has 0 bridgehead atoms. The Morgan fingerprint density at radius 2 is 1.95 bits per heavy atom. The molecule has 0 aliphatic carbocycles. The zero-order chi connectivity index (χ0) is 14.7. The highest BCUT2D eigenvalue weighted by Crippen LogP contribution is 2.28. The van der Waals surface area contributed by atoms with Crippen LogP contribution in [0.4, 0.5) is 0 Å². The SMILES string of the molecule is Cc1nc(-c2ccc(Cl)c(Cl)c2)ccc1CCC(=O)O. The Kier molecular flexibility index (Phi) is 4.63. The standard InChI is InChI=1S/C15H13Cl2NO2/c1-9-10(4-7-15(19)20)3-6-14(18-9)11-2-5-12(16)13(17)8-11/h2-3,5-6,8H,4,7H2,1H3,(H,19,20). The Morgan fingerprint density at radius 1 is 1.20 bits per heavy atom. The molecule has 20 heavy (non-hydrogen) atoms. The van der Waals surface area contributed by atoms with Crippen LogP contribution in [-0.4, -0.2) is 16.1 Å². The van der Waals surface area contributed by atoms with Gasteiger partial charge in [-0.3, -0.25) is 9.78 Å². The van der Waals surface area contributed by atoms with Gasteiger partial charge in [-0.25, -0.2) is 0 Å². The number of nitrogens with zero attached hydrogens (tertiary/aromatic N) is 1. The molecule has 1 N–H and O–H groups in total. The Bertz CT molecular complexity index is 656. The van der Waals surface area contributed by atoms with Gasteiger partial charge in [0.2, 0.25) is 0 Å². The zero-order valence-corrected chi connectivity index (χ0v) is 12.4. The van der Waals surface area contributed by atoms with E-state index in [2.05, 4.69) is 4.98 Å². The summed E-state index contributed by atoms with van der Waals surface area (Å²) in [6.45, 7) is 1.87. The lowest BCUT2D eigenvalue weighted by atomic mass is 10.1. The molecule has 0 atom stereocenters. The molecule has 104 valence electrons. The fourth-order valence-electron chi connectivity index (χ4n) is 1.91. The first-order valence-corrected chi connectivity index (χ1v) is 6.86. The lowest BCUT2D eigenvalue weighted by molar-refractivity contribution is -0.136. The fourth-order valence-corrected chi connectivity index (χ4v) is 2.21. The van der Waals surface area contributed by atoms with E-state index in [1.165, 1.54) is 0 Å². The summed E-state index contributed by atoms with van der Waals surface area (Å²) in [5, 5.41) is 9.70. The average molecular weight is 310 g/mol. The molecule has 0 fully saturated rings. The van der Waals surface area contributed by atoms with Crippen molar-refractivity contribution in [3.8, 4) is 11.3 Å². The number of aliphatic carboxylic acids is 1. The van der Waals surface area contributed by atoms with Gasteiger partial charge in [0.1, 0.15) is 0 Å². The van der Waals surface area contributed by atoms with Crippen LogP contribution >= 0.6 is 23.2 Å². The highest BCUT2D eigenvalue weighted by Gasteiger charge is 2.07. The van der Waals surface area contributed by atoms with Crippen molar-refractivity contribution in [3.63, 3.8) is 0 Å². The van der Waals surface area contributed by atoms with Crippen molar-refractivity contribution in [2.45, 2.75) is 19.8 Å². The molecule has 0 aliphatic heterocycles. The van der Waals surface area contributed by atoms with Gasteiger partial charge in [0.15, 0.2) is 0 Å². The van der Waals surface area contributed by atoms with Crippen LogP contribution < -0.4 is 0 Å². The number of rotatable bonds is 4. The number of carboxylic acid groups (broad SMARTS) is 1. The number of aryl methyl sites for hydroxylation is 2. The number of benzene rings is 1. The molecule has 0 saturated heterocycles. The predicted octanol–water partition coefficient (Wildman–Crippen LogP) is 4.38. The summed E-state index contributed by atoms with van der Waals surface area (Å²) >= 11 is 11.9. The molecule has 1 aromatic heterocycles. The van der Waals surface area contributed by atoms with E-state index in [-0.39, 0.29) is 6.42 Å². The fraction of sp³-hybridized carbons (Fsp3) is 0.200. The maximum absolute atomic E-state index is 10.6. The quantitative estimate of drug-likeness (QED) is 0.911. The van der Waals surface area contributed by atoms with Gasteiger partial charge in [0.05, 0.1) is 15.7 Å². The summed E-state index contributed by atoms with van der Waals surface area (Å²) in [6, 6.07) is 9.12. The van der Waals surface area contributed by atoms with Crippen molar-refractivity contribution in [3.05, 3.63) is 51.6 Å². The smallest absolute Gasteiger partial charge is 0.303 e. The molecule has 0 unspecified atom stereocenters. The first kappa shape index (κ1) is 14.8. The minimum Gasteiger partial charge on any atom is -0.481 e. The second-order valence-electron chi connectivity index (χ2n) is 4.46. The molecule has 5 heteroatoms. The second kappa shape index (κ2) is 6.25. The lowest BCUT2D eigenvalue weighted by Gasteiger charge is -2.08. The first-order valence-electron chi connectivity index (χ1n) is 6.11. The lowest BCUT2D eigenvalue weighted by Crippen LogP contribution is -2.00. The molecule has 2 aromatic rings. The van der Waals surface area contributed by atoms with Gasteiger partial charge in [0.25, 0.3) is 0 Å². The van der Waals surface area contributed by atoms with Crippen LogP contribution in [0.5, 0.6) is 0 Å². The summed E-state index contributed by atoms with van der Waals surface area (Å²) in [5.74, 6) is -0.807. The Balaban J connectivity index is 2.28. The minimum atomic E-state index is -0.807. The number of pyridine rings is 1. The number of hydrogen-bond acceptors (Lipinski definition) is 2. The van der Waals surface area contributed by atoms with Gasteiger partial charge in [-0.15, -0.1) is 0 Å². The van der Waals surface area contributed by atoms with Crippen LogP contribution in [0.1, 0.15) is 17.7 Å². The summed E-state index contributed by atoms with van der Waals surface area (Å²) in [4.78, 5) is 15.1. The average Bonchev–Trinajstić information content (AvgIpc) is 2.40. The van der Waals surface area contributed by atoms with E-state index in [1.807, 2.05) is 25.1 Å². The van der Waals surface area contributed by atoms with Crippen molar-refractivity contribution in [1.29, 1.82) is 0 Å². The van der Waals surface area contributed by atoms with Gasteiger partial charge >= 0.3 is 5.97 Å².